The summed E-state index contributed by atoms with van der Waals surface area (Å²) in [7, 11) is 4.62. The van der Waals surface area contributed by atoms with E-state index < -0.39 is 0 Å². The average molecular weight is 446 g/mol. The van der Waals surface area contributed by atoms with Crippen molar-refractivity contribution in [1.29, 1.82) is 0 Å². The van der Waals surface area contributed by atoms with Gasteiger partial charge in [0.05, 0.1) is 26.2 Å². The van der Waals surface area contributed by atoms with Crippen molar-refractivity contribution in [2.45, 2.75) is 0 Å². The maximum atomic E-state index is 13.0. The van der Waals surface area contributed by atoms with E-state index in [1.54, 1.807) is 42.6 Å². The molecule has 1 aromatic carbocycles. The summed E-state index contributed by atoms with van der Waals surface area (Å²) >= 11 is 7.36. The van der Waals surface area contributed by atoms with Crippen LogP contribution in [0.25, 0.3) is 6.08 Å². The predicted octanol–water partition coefficient (Wildman–Crippen LogP) is 4.55. The molecule has 0 radical (unpaired) electrons. The minimum Gasteiger partial charge on any atom is -0.493 e. The molecule has 0 aliphatic carbocycles. The maximum absolute atomic E-state index is 13.0. The topological polar surface area (TPSA) is 73.2 Å². The van der Waals surface area contributed by atoms with Crippen molar-refractivity contribution in [1.82, 2.24) is 9.88 Å². The van der Waals surface area contributed by atoms with Crippen molar-refractivity contribution < 1.29 is 19.0 Å². The highest BCUT2D eigenvalue weighted by atomic mass is 35.5. The van der Waals surface area contributed by atoms with Gasteiger partial charge in [-0.3, -0.25) is 9.69 Å². The number of methoxy groups -OCH3 is 3. The molecular formula is C21H20ClN3O4S. The summed E-state index contributed by atoms with van der Waals surface area (Å²) in [5, 5.41) is 0.757. The van der Waals surface area contributed by atoms with Gasteiger partial charge in [0.2, 0.25) is 5.75 Å². The molecule has 2 aromatic rings. The molecule has 156 valence electrons. The van der Waals surface area contributed by atoms with E-state index in [0.717, 1.165) is 5.56 Å². The summed E-state index contributed by atoms with van der Waals surface area (Å²) < 4.78 is 16.1. The normalized spacial score (nSPS) is 16.3. The van der Waals surface area contributed by atoms with Gasteiger partial charge >= 0.3 is 0 Å². The number of amides is 1. The molecule has 0 saturated carbocycles. The maximum Gasteiger partial charge on any atom is 0.267 e. The van der Waals surface area contributed by atoms with Crippen molar-refractivity contribution in [3.05, 3.63) is 58.7 Å². The van der Waals surface area contributed by atoms with Crippen LogP contribution in [-0.2, 0) is 4.79 Å². The number of aromatic nitrogens is 1. The number of benzene rings is 1. The van der Waals surface area contributed by atoms with Crippen molar-refractivity contribution in [3.8, 4) is 17.2 Å². The third-order valence-corrected chi connectivity index (χ3v) is 5.44. The van der Waals surface area contributed by atoms with Crippen LogP contribution in [0.1, 0.15) is 5.56 Å². The van der Waals surface area contributed by atoms with Crippen LogP contribution in [0.5, 0.6) is 17.2 Å². The van der Waals surface area contributed by atoms with Gasteiger partial charge in [-0.25, -0.2) is 9.98 Å². The molecule has 1 aliphatic heterocycles. The van der Waals surface area contributed by atoms with Crippen LogP contribution >= 0.6 is 23.4 Å². The van der Waals surface area contributed by atoms with Gasteiger partial charge in [-0.15, -0.1) is 6.58 Å². The number of ether oxygens (including phenoxy) is 3. The van der Waals surface area contributed by atoms with Crippen molar-refractivity contribution in [2.24, 2.45) is 4.99 Å². The van der Waals surface area contributed by atoms with Gasteiger partial charge < -0.3 is 14.2 Å². The fraction of sp³-hybridized carbons (Fsp3) is 0.190. The zero-order valence-corrected chi connectivity index (χ0v) is 18.3. The lowest BCUT2D eigenvalue weighted by molar-refractivity contribution is -0.121. The first-order valence-electron chi connectivity index (χ1n) is 8.83. The first-order valence-corrected chi connectivity index (χ1v) is 10.0. The van der Waals surface area contributed by atoms with Crippen LogP contribution < -0.4 is 14.2 Å². The zero-order valence-electron chi connectivity index (χ0n) is 16.7. The molecule has 1 saturated heterocycles. The van der Waals surface area contributed by atoms with Crippen LogP contribution in [0.2, 0.25) is 5.15 Å². The number of amidine groups is 1. The predicted molar refractivity (Wildman–Crippen MR) is 120 cm³/mol. The molecule has 1 aliphatic rings. The number of hydrogen-bond acceptors (Lipinski definition) is 7. The SMILES string of the molecule is C=CCN1C(=O)/C(=C/c2cc(OC)c(OC)c(OC)c2)SC1=Nc1cccnc1Cl. The first kappa shape index (κ1) is 21.7. The van der Waals surface area contributed by atoms with Gasteiger partial charge in [-0.05, 0) is 47.7 Å². The van der Waals surface area contributed by atoms with Gasteiger partial charge in [-0.2, -0.15) is 0 Å². The molecule has 30 heavy (non-hydrogen) atoms. The Morgan fingerprint density at radius 3 is 2.50 bits per heavy atom. The summed E-state index contributed by atoms with van der Waals surface area (Å²) in [4.78, 5) is 23.6. The summed E-state index contributed by atoms with van der Waals surface area (Å²) in [5.41, 5.74) is 1.21. The number of rotatable bonds is 7. The Labute approximate surface area is 184 Å². The Morgan fingerprint density at radius 1 is 1.23 bits per heavy atom. The number of thioether (sulfide) groups is 1. The van der Waals surface area contributed by atoms with Crippen LogP contribution in [0, 0.1) is 0 Å². The molecule has 1 fully saturated rings. The molecule has 1 amide bonds. The molecular weight excluding hydrogens is 426 g/mol. The lowest BCUT2D eigenvalue weighted by Gasteiger charge is -2.13. The minimum atomic E-state index is -0.188. The molecule has 7 nitrogen and oxygen atoms in total. The van der Waals surface area contributed by atoms with Crippen molar-refractivity contribution >= 4 is 46.2 Å². The molecule has 0 bridgehead atoms. The van der Waals surface area contributed by atoms with E-state index in [1.807, 2.05) is 0 Å². The molecule has 0 unspecified atom stereocenters. The molecule has 1 aromatic heterocycles. The highest BCUT2D eigenvalue weighted by Gasteiger charge is 2.33. The Kier molecular flexibility index (Phi) is 7.02. The number of pyridine rings is 1. The molecule has 9 heteroatoms. The Hall–Kier alpha value is -2.97. The first-order chi connectivity index (χ1) is 14.5. The van der Waals surface area contributed by atoms with Gasteiger partial charge in [0.1, 0.15) is 5.69 Å². The number of halogens is 1. The fourth-order valence-electron chi connectivity index (χ4n) is 2.78. The van der Waals surface area contributed by atoms with Crippen LogP contribution in [0.15, 0.2) is 53.0 Å². The fourth-order valence-corrected chi connectivity index (χ4v) is 3.94. The van der Waals surface area contributed by atoms with E-state index in [0.29, 0.717) is 39.6 Å². The van der Waals surface area contributed by atoms with Crippen molar-refractivity contribution in [2.75, 3.05) is 27.9 Å². The standard InChI is InChI=1S/C21H20ClN3O4S/c1-5-9-25-20(26)17(30-21(25)24-14-7-6-8-23-19(14)22)12-13-10-15(27-2)18(29-4)16(11-13)28-3/h5-8,10-12H,1,9H2,2-4H3/b17-12-,24-21?. The summed E-state index contributed by atoms with van der Waals surface area (Å²) in [6, 6.07) is 7.01. The quantitative estimate of drug-likeness (QED) is 0.353. The summed E-state index contributed by atoms with van der Waals surface area (Å²) in [6.07, 6.45) is 4.97. The number of carbonyl (C=O) groups is 1. The largest absolute Gasteiger partial charge is 0.493 e. The molecule has 0 N–H and O–H groups in total. The second-order valence-corrected chi connectivity index (χ2v) is 7.35. The number of nitrogens with zero attached hydrogens (tertiary/aromatic N) is 3. The molecule has 0 atom stereocenters. The highest BCUT2D eigenvalue weighted by Crippen LogP contribution is 2.40. The van der Waals surface area contributed by atoms with E-state index >= 15 is 0 Å². The smallest absolute Gasteiger partial charge is 0.267 e. The third kappa shape index (κ3) is 4.44. The highest BCUT2D eigenvalue weighted by molar-refractivity contribution is 8.18. The summed E-state index contributed by atoms with van der Waals surface area (Å²) in [6.45, 7) is 4.04. The number of carbonyl (C=O) groups excluding carboxylic acids is 1. The Morgan fingerprint density at radius 2 is 1.93 bits per heavy atom. The Balaban J connectivity index is 2.03. The van der Waals surface area contributed by atoms with Crippen LogP contribution in [-0.4, -0.2) is 48.8 Å². The lowest BCUT2D eigenvalue weighted by atomic mass is 10.1. The lowest BCUT2D eigenvalue weighted by Crippen LogP contribution is -2.29. The Bertz CT molecular complexity index is 1010. The van der Waals surface area contributed by atoms with Crippen LogP contribution in [0.3, 0.4) is 0 Å². The second kappa shape index (κ2) is 9.69. The van der Waals surface area contributed by atoms with E-state index in [4.69, 9.17) is 25.8 Å². The van der Waals surface area contributed by atoms with Gasteiger partial charge in [0.25, 0.3) is 5.91 Å². The van der Waals surface area contributed by atoms with Crippen LogP contribution in [0.4, 0.5) is 5.69 Å². The zero-order chi connectivity index (χ0) is 21.7. The van der Waals surface area contributed by atoms with Crippen molar-refractivity contribution in [3.63, 3.8) is 0 Å². The number of aliphatic imine (C=N–C) groups is 1. The second-order valence-electron chi connectivity index (χ2n) is 5.98. The monoisotopic (exact) mass is 445 g/mol. The van der Waals surface area contributed by atoms with E-state index in [9.17, 15) is 4.79 Å². The van der Waals surface area contributed by atoms with Gasteiger partial charge in [0.15, 0.2) is 21.8 Å². The molecule has 0 spiro atoms. The number of hydrogen-bond donors (Lipinski definition) is 0. The van der Waals surface area contributed by atoms with Gasteiger partial charge in [-0.1, -0.05) is 17.7 Å². The third-order valence-electron chi connectivity index (χ3n) is 4.14. The molecule has 2 heterocycles. The molecule has 3 rings (SSSR count). The van der Waals surface area contributed by atoms with E-state index in [2.05, 4.69) is 16.6 Å². The van der Waals surface area contributed by atoms with E-state index in [-0.39, 0.29) is 11.1 Å². The minimum absolute atomic E-state index is 0.188. The van der Waals surface area contributed by atoms with Gasteiger partial charge in [0, 0.05) is 12.7 Å². The average Bonchev–Trinajstić information content (AvgIpc) is 3.03. The summed E-state index contributed by atoms with van der Waals surface area (Å²) in [5.74, 6) is 1.29. The van der Waals surface area contributed by atoms with E-state index in [1.165, 1.54) is 38.0 Å².